The molecule has 0 fully saturated rings. The molecule has 3 heteroatoms. The molecule has 3 aromatic carbocycles. The van der Waals surface area contributed by atoms with Crippen LogP contribution in [0, 0.1) is 5.82 Å². The number of benzene rings is 3. The largest absolute Gasteiger partial charge is 0.349 e. The summed E-state index contributed by atoms with van der Waals surface area (Å²) in [5.41, 5.74) is 2.75. The maximum absolute atomic E-state index is 13.1. The highest BCUT2D eigenvalue weighted by Crippen LogP contribution is 2.26. The van der Waals surface area contributed by atoms with Crippen molar-refractivity contribution in [1.29, 1.82) is 0 Å². The Balaban J connectivity index is 1.86. The lowest BCUT2D eigenvalue weighted by Gasteiger charge is -2.21. The van der Waals surface area contributed by atoms with Crippen molar-refractivity contribution in [2.45, 2.75) is 18.9 Å². The highest BCUT2D eigenvalue weighted by atomic mass is 19.1. The van der Waals surface area contributed by atoms with Crippen molar-refractivity contribution in [3.05, 3.63) is 107 Å². The molecule has 0 spiro atoms. The standard InChI is InChI=1S/C22H20FNO/c1-16(17-12-14-20(23)15-13-17)24-22(25)21(18-8-4-2-5-9-18)19-10-6-3-7-11-19/h2-16,21H,1H3,(H,24,25)/t16-/m1/s1. The van der Waals surface area contributed by atoms with Gasteiger partial charge < -0.3 is 5.32 Å². The van der Waals surface area contributed by atoms with Crippen LogP contribution in [-0.2, 0) is 4.79 Å². The van der Waals surface area contributed by atoms with Crippen LogP contribution in [0.5, 0.6) is 0 Å². The number of carbonyl (C=O) groups is 1. The topological polar surface area (TPSA) is 29.1 Å². The lowest BCUT2D eigenvalue weighted by molar-refractivity contribution is -0.122. The molecular formula is C22H20FNO. The molecular weight excluding hydrogens is 313 g/mol. The van der Waals surface area contributed by atoms with Gasteiger partial charge in [-0.15, -0.1) is 0 Å². The second kappa shape index (κ2) is 7.75. The fraction of sp³-hybridized carbons (Fsp3) is 0.136. The summed E-state index contributed by atoms with van der Waals surface area (Å²) in [5.74, 6) is -0.742. The smallest absolute Gasteiger partial charge is 0.232 e. The first-order chi connectivity index (χ1) is 12.1. The van der Waals surface area contributed by atoms with Gasteiger partial charge in [-0.3, -0.25) is 4.79 Å². The third-order valence-corrected chi connectivity index (χ3v) is 4.26. The van der Waals surface area contributed by atoms with Crippen molar-refractivity contribution in [1.82, 2.24) is 5.32 Å². The molecule has 1 N–H and O–H groups in total. The minimum Gasteiger partial charge on any atom is -0.349 e. The van der Waals surface area contributed by atoms with Gasteiger partial charge in [-0.1, -0.05) is 72.8 Å². The zero-order chi connectivity index (χ0) is 17.6. The summed E-state index contributed by atoms with van der Waals surface area (Å²) in [4.78, 5) is 13.0. The van der Waals surface area contributed by atoms with Gasteiger partial charge in [-0.05, 0) is 35.7 Å². The van der Waals surface area contributed by atoms with Crippen LogP contribution < -0.4 is 5.32 Å². The Morgan fingerprint density at radius 2 is 1.24 bits per heavy atom. The first-order valence-corrected chi connectivity index (χ1v) is 8.31. The van der Waals surface area contributed by atoms with Gasteiger partial charge in [0.15, 0.2) is 0 Å². The number of hydrogen-bond acceptors (Lipinski definition) is 1. The maximum atomic E-state index is 13.1. The first-order valence-electron chi connectivity index (χ1n) is 8.31. The zero-order valence-electron chi connectivity index (χ0n) is 14.0. The summed E-state index contributed by atoms with van der Waals surface area (Å²) >= 11 is 0. The van der Waals surface area contributed by atoms with Crippen LogP contribution in [-0.4, -0.2) is 5.91 Å². The number of amides is 1. The molecule has 0 aliphatic carbocycles. The summed E-state index contributed by atoms with van der Waals surface area (Å²) < 4.78 is 13.1. The van der Waals surface area contributed by atoms with Crippen LogP contribution in [0.4, 0.5) is 4.39 Å². The molecule has 0 aliphatic rings. The molecule has 0 saturated heterocycles. The first kappa shape index (κ1) is 16.9. The van der Waals surface area contributed by atoms with E-state index in [0.717, 1.165) is 16.7 Å². The fourth-order valence-electron chi connectivity index (χ4n) is 2.92. The minimum absolute atomic E-state index is 0.0748. The molecule has 3 rings (SSSR count). The molecule has 3 aromatic rings. The summed E-state index contributed by atoms with van der Waals surface area (Å²) in [6.07, 6.45) is 0. The van der Waals surface area contributed by atoms with E-state index in [2.05, 4.69) is 5.32 Å². The molecule has 0 saturated carbocycles. The second-order valence-corrected chi connectivity index (χ2v) is 6.04. The van der Waals surface area contributed by atoms with E-state index in [1.54, 1.807) is 12.1 Å². The fourth-order valence-corrected chi connectivity index (χ4v) is 2.92. The van der Waals surface area contributed by atoms with Crippen LogP contribution in [0.3, 0.4) is 0 Å². The van der Waals surface area contributed by atoms with Gasteiger partial charge in [0.25, 0.3) is 0 Å². The van der Waals surface area contributed by atoms with Gasteiger partial charge in [0, 0.05) is 0 Å². The van der Waals surface area contributed by atoms with Gasteiger partial charge >= 0.3 is 0 Å². The van der Waals surface area contributed by atoms with E-state index in [9.17, 15) is 9.18 Å². The molecule has 0 heterocycles. The van der Waals surface area contributed by atoms with Crippen LogP contribution in [0.15, 0.2) is 84.9 Å². The molecule has 1 atom stereocenters. The molecule has 1 amide bonds. The highest BCUT2D eigenvalue weighted by Gasteiger charge is 2.24. The number of hydrogen-bond donors (Lipinski definition) is 1. The maximum Gasteiger partial charge on any atom is 0.232 e. The van der Waals surface area contributed by atoms with Crippen molar-refractivity contribution in [2.75, 3.05) is 0 Å². The van der Waals surface area contributed by atoms with E-state index in [4.69, 9.17) is 0 Å². The normalized spacial score (nSPS) is 12.0. The predicted molar refractivity (Wildman–Crippen MR) is 97.7 cm³/mol. The van der Waals surface area contributed by atoms with Crippen LogP contribution in [0.1, 0.15) is 35.6 Å². The van der Waals surface area contributed by atoms with Gasteiger partial charge in [0.05, 0.1) is 12.0 Å². The second-order valence-electron chi connectivity index (χ2n) is 6.04. The van der Waals surface area contributed by atoms with E-state index in [-0.39, 0.29) is 23.7 Å². The summed E-state index contributed by atoms with van der Waals surface area (Å²) in [5, 5.41) is 3.05. The number of rotatable bonds is 5. The van der Waals surface area contributed by atoms with E-state index in [1.807, 2.05) is 67.6 Å². The minimum atomic E-state index is -0.384. The van der Waals surface area contributed by atoms with Crippen LogP contribution in [0.25, 0.3) is 0 Å². The molecule has 126 valence electrons. The quantitative estimate of drug-likeness (QED) is 0.711. The summed E-state index contributed by atoms with van der Waals surface area (Å²) in [7, 11) is 0. The lowest BCUT2D eigenvalue weighted by atomic mass is 9.90. The SMILES string of the molecule is C[C@@H](NC(=O)C(c1ccccc1)c1ccccc1)c1ccc(F)cc1. The molecule has 25 heavy (non-hydrogen) atoms. The molecule has 2 nitrogen and oxygen atoms in total. The number of carbonyl (C=O) groups excluding carboxylic acids is 1. The van der Waals surface area contributed by atoms with Crippen molar-refractivity contribution in [3.63, 3.8) is 0 Å². The summed E-state index contributed by atoms with van der Waals surface area (Å²) in [6.45, 7) is 1.90. The Bertz CT molecular complexity index is 776. The van der Waals surface area contributed by atoms with E-state index in [0.29, 0.717) is 0 Å². The zero-order valence-corrected chi connectivity index (χ0v) is 14.0. The van der Waals surface area contributed by atoms with Crippen molar-refractivity contribution in [3.8, 4) is 0 Å². The third kappa shape index (κ3) is 4.13. The average molecular weight is 333 g/mol. The lowest BCUT2D eigenvalue weighted by Crippen LogP contribution is -2.32. The van der Waals surface area contributed by atoms with Crippen LogP contribution >= 0.6 is 0 Å². The highest BCUT2D eigenvalue weighted by molar-refractivity contribution is 5.87. The Hall–Kier alpha value is -2.94. The van der Waals surface area contributed by atoms with E-state index in [1.165, 1.54) is 12.1 Å². The summed E-state index contributed by atoms with van der Waals surface area (Å²) in [6, 6.07) is 25.4. The third-order valence-electron chi connectivity index (χ3n) is 4.26. The Morgan fingerprint density at radius 3 is 1.72 bits per heavy atom. The predicted octanol–water partition coefficient (Wildman–Crippen LogP) is 4.84. The average Bonchev–Trinajstić information content (AvgIpc) is 2.64. The van der Waals surface area contributed by atoms with Gasteiger partial charge in [-0.2, -0.15) is 0 Å². The number of halogens is 1. The molecule has 0 radical (unpaired) electrons. The van der Waals surface area contributed by atoms with E-state index >= 15 is 0 Å². The van der Waals surface area contributed by atoms with Crippen molar-refractivity contribution < 1.29 is 9.18 Å². The monoisotopic (exact) mass is 333 g/mol. The van der Waals surface area contributed by atoms with E-state index < -0.39 is 0 Å². The molecule has 0 bridgehead atoms. The molecule has 0 aromatic heterocycles. The van der Waals surface area contributed by atoms with Gasteiger partial charge in [0.1, 0.15) is 5.82 Å². The molecule has 0 unspecified atom stereocenters. The van der Waals surface area contributed by atoms with Crippen molar-refractivity contribution in [2.24, 2.45) is 0 Å². The molecule has 0 aliphatic heterocycles. The van der Waals surface area contributed by atoms with Crippen LogP contribution in [0.2, 0.25) is 0 Å². The van der Waals surface area contributed by atoms with Crippen molar-refractivity contribution >= 4 is 5.91 Å². The Labute approximate surface area is 147 Å². The Kier molecular flexibility index (Phi) is 5.24. The van der Waals surface area contributed by atoms with Gasteiger partial charge in [-0.25, -0.2) is 4.39 Å². The van der Waals surface area contributed by atoms with Gasteiger partial charge in [0.2, 0.25) is 5.91 Å². The Morgan fingerprint density at radius 1 is 0.760 bits per heavy atom. The number of nitrogens with one attached hydrogen (secondary N) is 1.